The van der Waals surface area contributed by atoms with E-state index < -0.39 is 0 Å². The Kier molecular flexibility index (Phi) is 12.2. The molecule has 0 heterocycles. The summed E-state index contributed by atoms with van der Waals surface area (Å²) < 4.78 is 0. The van der Waals surface area contributed by atoms with E-state index in [0.717, 1.165) is 31.1 Å². The molecular formula is C33H54O. The molecule has 0 amide bonds. The van der Waals surface area contributed by atoms with E-state index in [1.54, 1.807) is 0 Å². The quantitative estimate of drug-likeness (QED) is 0.185. The molecule has 1 aromatic rings. The first-order chi connectivity index (χ1) is 16.7. The molecule has 0 spiro atoms. The van der Waals surface area contributed by atoms with Crippen LogP contribution >= 0.6 is 0 Å². The lowest BCUT2D eigenvalue weighted by Gasteiger charge is -2.36. The highest BCUT2D eigenvalue weighted by atomic mass is 16.1. The van der Waals surface area contributed by atoms with Crippen LogP contribution in [0.3, 0.4) is 0 Å². The molecule has 1 nitrogen and oxygen atoms in total. The average molecular weight is 467 g/mol. The van der Waals surface area contributed by atoms with E-state index >= 15 is 0 Å². The molecule has 0 aliphatic heterocycles. The first kappa shape index (κ1) is 27.5. The first-order valence-corrected chi connectivity index (χ1v) is 15.2. The Morgan fingerprint density at radius 2 is 1.32 bits per heavy atom. The molecule has 0 radical (unpaired) electrons. The van der Waals surface area contributed by atoms with Crippen LogP contribution in [-0.2, 0) is 11.2 Å². The highest BCUT2D eigenvalue weighted by Crippen LogP contribution is 2.45. The molecular weight excluding hydrogens is 412 g/mol. The van der Waals surface area contributed by atoms with Gasteiger partial charge in [0.25, 0.3) is 0 Å². The molecule has 34 heavy (non-hydrogen) atoms. The smallest absolute Gasteiger partial charge is 0.126 e. The van der Waals surface area contributed by atoms with Gasteiger partial charge >= 0.3 is 0 Å². The zero-order valence-electron chi connectivity index (χ0n) is 22.7. The van der Waals surface area contributed by atoms with Gasteiger partial charge in [0, 0.05) is 5.41 Å². The van der Waals surface area contributed by atoms with Crippen molar-refractivity contribution in [2.45, 2.75) is 148 Å². The van der Waals surface area contributed by atoms with Crippen molar-refractivity contribution in [3.05, 3.63) is 35.4 Å². The van der Waals surface area contributed by atoms with E-state index in [2.05, 4.69) is 38.1 Å². The van der Waals surface area contributed by atoms with Crippen molar-refractivity contribution in [1.82, 2.24) is 0 Å². The van der Waals surface area contributed by atoms with Crippen LogP contribution < -0.4 is 0 Å². The highest BCUT2D eigenvalue weighted by Gasteiger charge is 2.35. The number of hydrogen-bond donors (Lipinski definition) is 0. The van der Waals surface area contributed by atoms with Crippen molar-refractivity contribution < 1.29 is 4.79 Å². The Morgan fingerprint density at radius 1 is 0.735 bits per heavy atom. The average Bonchev–Trinajstić information content (AvgIpc) is 2.89. The summed E-state index contributed by atoms with van der Waals surface area (Å²) in [6.45, 7) is 4.58. The second-order valence-corrected chi connectivity index (χ2v) is 12.1. The summed E-state index contributed by atoms with van der Waals surface area (Å²) in [6.07, 6.45) is 27.8. The highest BCUT2D eigenvalue weighted by molar-refractivity contribution is 5.59. The topological polar surface area (TPSA) is 17.1 Å². The summed E-state index contributed by atoms with van der Waals surface area (Å²) >= 11 is 0. The van der Waals surface area contributed by atoms with Gasteiger partial charge in [0.2, 0.25) is 0 Å². The molecule has 0 unspecified atom stereocenters. The Bertz CT molecular complexity index is 658. The van der Waals surface area contributed by atoms with Crippen LogP contribution in [-0.4, -0.2) is 6.29 Å². The van der Waals surface area contributed by atoms with Crippen LogP contribution in [0.2, 0.25) is 0 Å². The van der Waals surface area contributed by atoms with Crippen LogP contribution in [0.5, 0.6) is 0 Å². The van der Waals surface area contributed by atoms with Gasteiger partial charge in [0.15, 0.2) is 0 Å². The van der Waals surface area contributed by atoms with Crippen molar-refractivity contribution in [2.24, 2.45) is 17.3 Å². The maximum atomic E-state index is 12.0. The van der Waals surface area contributed by atoms with Crippen LogP contribution in [0, 0.1) is 17.3 Å². The third kappa shape index (κ3) is 8.83. The zero-order chi connectivity index (χ0) is 24.1. The Labute approximate surface area is 211 Å². The minimum absolute atomic E-state index is 0.0162. The minimum Gasteiger partial charge on any atom is -0.303 e. The lowest BCUT2D eigenvalue weighted by atomic mass is 9.67. The number of unbranched alkanes of at least 4 members (excludes halogenated alkanes) is 6. The fraction of sp³-hybridized carbons (Fsp3) is 0.788. The fourth-order valence-electron chi connectivity index (χ4n) is 6.85. The third-order valence-corrected chi connectivity index (χ3v) is 9.48. The van der Waals surface area contributed by atoms with E-state index in [9.17, 15) is 4.79 Å². The molecule has 1 aromatic carbocycles. The summed E-state index contributed by atoms with van der Waals surface area (Å²) in [5.41, 5.74) is 3.02. The normalized spacial score (nSPS) is 27.5. The Morgan fingerprint density at radius 3 is 1.94 bits per heavy atom. The van der Waals surface area contributed by atoms with Crippen LogP contribution in [0.4, 0.5) is 0 Å². The monoisotopic (exact) mass is 466 g/mol. The summed E-state index contributed by atoms with van der Waals surface area (Å²) in [7, 11) is 0. The minimum atomic E-state index is -0.0162. The maximum Gasteiger partial charge on any atom is 0.126 e. The number of hydrogen-bond acceptors (Lipinski definition) is 1. The molecule has 2 fully saturated rings. The Balaban J connectivity index is 1.36. The molecule has 2 aliphatic carbocycles. The molecule has 192 valence electrons. The van der Waals surface area contributed by atoms with Crippen LogP contribution in [0.15, 0.2) is 24.3 Å². The number of rotatable bonds is 15. The van der Waals surface area contributed by atoms with E-state index in [0.29, 0.717) is 5.92 Å². The van der Waals surface area contributed by atoms with Crippen molar-refractivity contribution >= 4 is 6.29 Å². The molecule has 0 N–H and O–H groups in total. The summed E-state index contributed by atoms with van der Waals surface area (Å²) in [6, 6.07) is 9.62. The number of carbonyl (C=O) groups is 1. The maximum absolute atomic E-state index is 12.0. The molecule has 0 bridgehead atoms. The second-order valence-electron chi connectivity index (χ2n) is 12.1. The third-order valence-electron chi connectivity index (χ3n) is 9.48. The SMILES string of the molecule is CCCCCCCC1(C=O)CCC(c2ccc(CC[C@H]3CC[C@H](CCCCC)CC3)cc2)CC1. The lowest BCUT2D eigenvalue weighted by Crippen LogP contribution is -2.28. The summed E-state index contributed by atoms with van der Waals surface area (Å²) in [4.78, 5) is 12.0. The van der Waals surface area contributed by atoms with Gasteiger partial charge in [-0.3, -0.25) is 0 Å². The van der Waals surface area contributed by atoms with Gasteiger partial charge in [-0.2, -0.15) is 0 Å². The lowest BCUT2D eigenvalue weighted by molar-refractivity contribution is -0.118. The van der Waals surface area contributed by atoms with Crippen molar-refractivity contribution in [3.63, 3.8) is 0 Å². The predicted octanol–water partition coefficient (Wildman–Crippen LogP) is 10.2. The van der Waals surface area contributed by atoms with Gasteiger partial charge < -0.3 is 4.79 Å². The van der Waals surface area contributed by atoms with E-state index in [1.165, 1.54) is 127 Å². The van der Waals surface area contributed by atoms with E-state index in [4.69, 9.17) is 0 Å². The van der Waals surface area contributed by atoms with Crippen molar-refractivity contribution in [2.75, 3.05) is 0 Å². The molecule has 2 saturated carbocycles. The number of carbonyl (C=O) groups excluding carboxylic acids is 1. The van der Waals surface area contributed by atoms with Crippen LogP contribution in [0.25, 0.3) is 0 Å². The van der Waals surface area contributed by atoms with Crippen molar-refractivity contribution in [3.8, 4) is 0 Å². The van der Waals surface area contributed by atoms with Gasteiger partial charge in [-0.15, -0.1) is 0 Å². The molecule has 0 atom stereocenters. The zero-order valence-corrected chi connectivity index (χ0v) is 22.7. The number of benzene rings is 1. The van der Waals surface area contributed by atoms with Crippen molar-refractivity contribution in [1.29, 1.82) is 0 Å². The summed E-state index contributed by atoms with van der Waals surface area (Å²) in [5.74, 6) is 2.64. The number of aryl methyl sites for hydroxylation is 1. The van der Waals surface area contributed by atoms with Gasteiger partial charge in [-0.1, -0.05) is 122 Å². The second kappa shape index (κ2) is 15.1. The predicted molar refractivity (Wildman–Crippen MR) is 147 cm³/mol. The van der Waals surface area contributed by atoms with E-state index in [1.807, 2.05) is 0 Å². The molecule has 2 aliphatic rings. The molecule has 0 aromatic heterocycles. The van der Waals surface area contributed by atoms with Crippen LogP contribution in [0.1, 0.15) is 153 Å². The van der Waals surface area contributed by atoms with Gasteiger partial charge in [0.05, 0.1) is 0 Å². The number of aldehydes is 1. The summed E-state index contributed by atoms with van der Waals surface area (Å²) in [5, 5.41) is 0. The first-order valence-electron chi connectivity index (χ1n) is 15.2. The van der Waals surface area contributed by atoms with Gasteiger partial charge in [0.1, 0.15) is 6.29 Å². The Hall–Kier alpha value is -1.11. The fourth-order valence-corrected chi connectivity index (χ4v) is 6.85. The standard InChI is InChI=1S/C33H54O/c1-3-5-7-8-10-24-33(27-34)25-22-32(23-26-33)31-20-18-30(19-21-31)17-16-29-14-12-28(13-15-29)11-9-6-4-2/h18-21,27-29,32H,3-17,22-26H2,1-2H3/t28-,29-,32?,33?. The molecule has 3 rings (SSSR count). The molecule has 1 heteroatoms. The largest absolute Gasteiger partial charge is 0.303 e. The van der Waals surface area contributed by atoms with Gasteiger partial charge in [-0.05, 0) is 73.8 Å². The van der Waals surface area contributed by atoms with E-state index in [-0.39, 0.29) is 5.41 Å². The van der Waals surface area contributed by atoms with Gasteiger partial charge in [-0.25, -0.2) is 0 Å². The molecule has 0 saturated heterocycles.